The van der Waals surface area contributed by atoms with Crippen molar-refractivity contribution in [1.29, 1.82) is 0 Å². The summed E-state index contributed by atoms with van der Waals surface area (Å²) in [6, 6.07) is 17.8. The van der Waals surface area contributed by atoms with Crippen LogP contribution in [0.1, 0.15) is 42.8 Å². The smallest absolute Gasteiger partial charge is 0.212 e. The Bertz CT molecular complexity index is 809. The molecule has 1 aliphatic rings. The van der Waals surface area contributed by atoms with Crippen molar-refractivity contribution >= 4 is 21.8 Å². The molecule has 0 bridgehead atoms. The summed E-state index contributed by atoms with van der Waals surface area (Å²) in [6.45, 7) is 7.13. The first-order valence-electron chi connectivity index (χ1n) is 8.53. The molecule has 0 amide bonds. The maximum absolute atomic E-state index is 12.9. The standard InChI is InChI=1S/C20H25NO2S2/c1-20(2,3)18-11-9-17(10-12-18)19-21(13-14-24-19)25(22,23)15-16-7-5-4-6-8-16/h4-12,19H,13-15H2,1-3H3. The van der Waals surface area contributed by atoms with E-state index in [1.807, 2.05) is 30.3 Å². The van der Waals surface area contributed by atoms with Crippen LogP contribution in [0.2, 0.25) is 0 Å². The first-order valence-corrected chi connectivity index (χ1v) is 11.2. The fraction of sp³-hybridized carbons (Fsp3) is 0.400. The van der Waals surface area contributed by atoms with Crippen LogP contribution in [0.3, 0.4) is 0 Å². The molecule has 25 heavy (non-hydrogen) atoms. The van der Waals surface area contributed by atoms with Crippen LogP contribution in [-0.4, -0.2) is 25.0 Å². The van der Waals surface area contributed by atoms with E-state index in [-0.39, 0.29) is 16.5 Å². The average molecular weight is 376 g/mol. The SMILES string of the molecule is CC(C)(C)c1ccc(C2SCCN2S(=O)(=O)Cc2ccccc2)cc1. The van der Waals surface area contributed by atoms with Crippen molar-refractivity contribution in [3.05, 3.63) is 71.3 Å². The zero-order valence-electron chi connectivity index (χ0n) is 15.0. The van der Waals surface area contributed by atoms with E-state index >= 15 is 0 Å². The summed E-state index contributed by atoms with van der Waals surface area (Å²) in [4.78, 5) is 0. The fourth-order valence-corrected chi connectivity index (χ4v) is 6.42. The molecule has 1 atom stereocenters. The van der Waals surface area contributed by atoms with Gasteiger partial charge in [0.05, 0.1) is 11.1 Å². The third-order valence-corrected chi connectivity index (χ3v) is 7.66. The molecular formula is C20H25NO2S2. The van der Waals surface area contributed by atoms with E-state index in [0.717, 1.165) is 16.9 Å². The predicted octanol–water partition coefficient (Wildman–Crippen LogP) is 4.56. The number of rotatable bonds is 4. The molecule has 0 aromatic heterocycles. The van der Waals surface area contributed by atoms with Crippen molar-refractivity contribution in [3.63, 3.8) is 0 Å². The number of hydrogen-bond acceptors (Lipinski definition) is 3. The second kappa shape index (κ2) is 7.14. The van der Waals surface area contributed by atoms with Gasteiger partial charge in [0, 0.05) is 12.3 Å². The normalized spacial score (nSPS) is 19.2. The summed E-state index contributed by atoms with van der Waals surface area (Å²) in [6.07, 6.45) is 0. The third kappa shape index (κ3) is 4.27. The lowest BCUT2D eigenvalue weighted by Crippen LogP contribution is -2.31. The highest BCUT2D eigenvalue weighted by Crippen LogP contribution is 2.40. The number of hydrogen-bond donors (Lipinski definition) is 0. The monoisotopic (exact) mass is 375 g/mol. The van der Waals surface area contributed by atoms with Crippen LogP contribution in [0, 0.1) is 0 Å². The number of nitrogens with zero attached hydrogens (tertiary/aromatic N) is 1. The molecule has 1 heterocycles. The summed E-state index contributed by atoms with van der Waals surface area (Å²) in [5, 5.41) is -0.122. The molecule has 2 aromatic rings. The largest absolute Gasteiger partial charge is 0.219 e. The summed E-state index contributed by atoms with van der Waals surface area (Å²) < 4.78 is 27.5. The molecule has 5 heteroatoms. The Hall–Kier alpha value is -1.30. The van der Waals surface area contributed by atoms with Gasteiger partial charge in [-0.25, -0.2) is 8.42 Å². The molecule has 1 fully saturated rings. The summed E-state index contributed by atoms with van der Waals surface area (Å²) in [5.74, 6) is 0.894. The number of thioether (sulfide) groups is 1. The van der Waals surface area contributed by atoms with E-state index in [1.165, 1.54) is 5.56 Å². The topological polar surface area (TPSA) is 37.4 Å². The Labute approximate surface area is 155 Å². The van der Waals surface area contributed by atoms with Crippen LogP contribution in [0.4, 0.5) is 0 Å². The van der Waals surface area contributed by atoms with Crippen molar-refractivity contribution in [2.75, 3.05) is 12.3 Å². The lowest BCUT2D eigenvalue weighted by molar-refractivity contribution is 0.433. The van der Waals surface area contributed by atoms with E-state index < -0.39 is 10.0 Å². The predicted molar refractivity (Wildman–Crippen MR) is 106 cm³/mol. The Kier molecular flexibility index (Phi) is 5.28. The molecule has 1 saturated heterocycles. The molecule has 0 aliphatic carbocycles. The van der Waals surface area contributed by atoms with Crippen LogP contribution >= 0.6 is 11.8 Å². The summed E-state index contributed by atoms with van der Waals surface area (Å²) in [5.41, 5.74) is 3.26. The van der Waals surface area contributed by atoms with Crippen molar-refractivity contribution in [2.24, 2.45) is 0 Å². The molecule has 1 aliphatic heterocycles. The summed E-state index contributed by atoms with van der Waals surface area (Å²) >= 11 is 1.70. The number of sulfonamides is 1. The van der Waals surface area contributed by atoms with Gasteiger partial charge in [-0.1, -0.05) is 75.4 Å². The second-order valence-electron chi connectivity index (χ2n) is 7.45. The molecular weight excluding hydrogens is 350 g/mol. The van der Waals surface area contributed by atoms with Gasteiger partial charge in [-0.2, -0.15) is 4.31 Å². The van der Waals surface area contributed by atoms with Gasteiger partial charge in [-0.05, 0) is 22.1 Å². The van der Waals surface area contributed by atoms with Gasteiger partial charge >= 0.3 is 0 Å². The highest BCUT2D eigenvalue weighted by molar-refractivity contribution is 8.00. The molecule has 2 aromatic carbocycles. The molecule has 1 unspecified atom stereocenters. The number of benzene rings is 2. The Morgan fingerprint density at radius 3 is 2.28 bits per heavy atom. The van der Waals surface area contributed by atoms with Gasteiger partial charge in [0.1, 0.15) is 0 Å². The van der Waals surface area contributed by atoms with Gasteiger partial charge in [-0.15, -0.1) is 11.8 Å². The minimum Gasteiger partial charge on any atom is -0.212 e. The highest BCUT2D eigenvalue weighted by atomic mass is 32.2. The van der Waals surface area contributed by atoms with Gasteiger partial charge in [0.25, 0.3) is 0 Å². The lowest BCUT2D eigenvalue weighted by Gasteiger charge is -2.25. The van der Waals surface area contributed by atoms with Crippen LogP contribution in [0.15, 0.2) is 54.6 Å². The third-order valence-electron chi connectivity index (χ3n) is 4.46. The van der Waals surface area contributed by atoms with Crippen molar-refractivity contribution in [2.45, 2.75) is 37.3 Å². The Balaban J connectivity index is 1.82. The molecule has 134 valence electrons. The molecule has 3 nitrogen and oxygen atoms in total. The Morgan fingerprint density at radius 1 is 1.04 bits per heavy atom. The van der Waals surface area contributed by atoms with E-state index in [2.05, 4.69) is 45.0 Å². The van der Waals surface area contributed by atoms with Crippen molar-refractivity contribution in [1.82, 2.24) is 4.31 Å². The fourth-order valence-electron chi connectivity index (χ4n) is 3.02. The lowest BCUT2D eigenvalue weighted by atomic mass is 9.87. The first kappa shape index (κ1) is 18.5. The minimum absolute atomic E-state index is 0.0605. The maximum atomic E-state index is 12.9. The van der Waals surface area contributed by atoms with E-state index in [0.29, 0.717) is 6.54 Å². The van der Waals surface area contributed by atoms with Gasteiger partial charge in [0.15, 0.2) is 0 Å². The van der Waals surface area contributed by atoms with Crippen LogP contribution in [-0.2, 0) is 21.2 Å². The van der Waals surface area contributed by atoms with E-state index in [4.69, 9.17) is 0 Å². The Morgan fingerprint density at radius 2 is 1.68 bits per heavy atom. The molecule has 0 saturated carbocycles. The molecule has 0 spiro atoms. The average Bonchev–Trinajstić information content (AvgIpc) is 3.05. The molecule has 0 N–H and O–H groups in total. The summed E-state index contributed by atoms with van der Waals surface area (Å²) in [7, 11) is -3.34. The van der Waals surface area contributed by atoms with Crippen molar-refractivity contribution in [3.8, 4) is 0 Å². The first-order chi connectivity index (χ1) is 11.8. The maximum Gasteiger partial charge on any atom is 0.219 e. The van der Waals surface area contributed by atoms with Crippen LogP contribution in [0.5, 0.6) is 0 Å². The van der Waals surface area contributed by atoms with Gasteiger partial charge in [0.2, 0.25) is 10.0 Å². The van der Waals surface area contributed by atoms with Crippen LogP contribution < -0.4 is 0 Å². The zero-order chi connectivity index (χ0) is 18.1. The molecule has 0 radical (unpaired) electrons. The minimum atomic E-state index is -3.34. The van der Waals surface area contributed by atoms with Gasteiger partial charge < -0.3 is 0 Å². The van der Waals surface area contributed by atoms with E-state index in [9.17, 15) is 8.42 Å². The van der Waals surface area contributed by atoms with Crippen molar-refractivity contribution < 1.29 is 8.42 Å². The quantitative estimate of drug-likeness (QED) is 0.786. The highest BCUT2D eigenvalue weighted by Gasteiger charge is 2.35. The van der Waals surface area contributed by atoms with Crippen LogP contribution in [0.25, 0.3) is 0 Å². The van der Waals surface area contributed by atoms with Gasteiger partial charge in [-0.3, -0.25) is 0 Å². The van der Waals surface area contributed by atoms with E-state index in [1.54, 1.807) is 16.1 Å². The molecule has 3 rings (SSSR count). The zero-order valence-corrected chi connectivity index (χ0v) is 16.6. The second-order valence-corrected chi connectivity index (χ2v) is 10.6.